The van der Waals surface area contributed by atoms with Crippen LogP contribution in [0.5, 0.6) is 0 Å². The fraction of sp³-hybridized carbons (Fsp3) is 0.444. The molecule has 0 spiro atoms. The number of nitrogens with one attached hydrogen (secondary N) is 1. The molecule has 0 aliphatic heterocycles. The fourth-order valence-corrected chi connectivity index (χ4v) is 4.42. The van der Waals surface area contributed by atoms with Crippen molar-refractivity contribution >= 4 is 34.1 Å². The molecule has 130 valence electrons. The largest absolute Gasteiger partial charge is 0.301 e. The molecule has 2 aromatic rings. The minimum Gasteiger partial charge on any atom is -0.301 e. The number of rotatable bonds is 5. The van der Waals surface area contributed by atoms with Gasteiger partial charge in [0.25, 0.3) is 0 Å². The maximum absolute atomic E-state index is 12.5. The van der Waals surface area contributed by atoms with Gasteiger partial charge in [-0.2, -0.15) is 5.26 Å². The molecule has 7 heteroatoms. The lowest BCUT2D eigenvalue weighted by Crippen LogP contribution is -2.24. The Morgan fingerprint density at radius 1 is 1.44 bits per heavy atom. The minimum absolute atomic E-state index is 0.0944. The van der Waals surface area contributed by atoms with Crippen molar-refractivity contribution in [2.45, 2.75) is 55.7 Å². The van der Waals surface area contributed by atoms with Crippen LogP contribution in [-0.2, 0) is 17.6 Å². The number of carbonyl (C=O) groups excluding carboxylic acids is 1. The lowest BCUT2D eigenvalue weighted by Gasteiger charge is -2.15. The number of amides is 1. The van der Waals surface area contributed by atoms with Gasteiger partial charge < -0.3 is 5.32 Å². The molecule has 2 heterocycles. The molecule has 0 fully saturated rings. The maximum Gasteiger partial charge on any atom is 0.239 e. The molecule has 25 heavy (non-hydrogen) atoms. The van der Waals surface area contributed by atoms with E-state index in [4.69, 9.17) is 4.98 Å². The second kappa shape index (κ2) is 8.45. The summed E-state index contributed by atoms with van der Waals surface area (Å²) in [6, 6.07) is 4.23. The van der Waals surface area contributed by atoms with Gasteiger partial charge in [0.15, 0.2) is 5.13 Å². The summed E-state index contributed by atoms with van der Waals surface area (Å²) in [5, 5.41) is 15.1. The zero-order valence-corrected chi connectivity index (χ0v) is 15.8. The predicted molar refractivity (Wildman–Crippen MR) is 101 cm³/mol. The van der Waals surface area contributed by atoms with Gasteiger partial charge in [-0.15, -0.1) is 11.3 Å². The first kappa shape index (κ1) is 17.9. The summed E-state index contributed by atoms with van der Waals surface area (Å²) in [4.78, 5) is 21.4. The standard InChI is InChI=1S/C18H20N4OS2/c1-2-15(16(23)22-18-20-8-9-24-18)25-17-13(11-19)10-12-6-4-3-5-7-14(12)21-17/h8-10,15H,2-7H2,1H3,(H,20,22,23). The van der Waals surface area contributed by atoms with E-state index in [1.807, 2.05) is 18.4 Å². The van der Waals surface area contributed by atoms with Gasteiger partial charge in [0, 0.05) is 17.3 Å². The molecule has 3 rings (SSSR count). The van der Waals surface area contributed by atoms with Crippen molar-refractivity contribution in [3.8, 4) is 6.07 Å². The van der Waals surface area contributed by atoms with E-state index in [0.29, 0.717) is 22.1 Å². The molecule has 5 nitrogen and oxygen atoms in total. The normalized spacial score (nSPS) is 14.9. The van der Waals surface area contributed by atoms with E-state index >= 15 is 0 Å². The third-order valence-electron chi connectivity index (χ3n) is 4.22. The first-order valence-corrected chi connectivity index (χ1v) is 10.3. The summed E-state index contributed by atoms with van der Waals surface area (Å²) in [6.45, 7) is 1.97. The number of carbonyl (C=O) groups is 1. The summed E-state index contributed by atoms with van der Waals surface area (Å²) in [5.74, 6) is -0.0944. The molecule has 1 amide bonds. The summed E-state index contributed by atoms with van der Waals surface area (Å²) in [5.41, 5.74) is 2.86. The number of aryl methyl sites for hydroxylation is 2. The van der Waals surface area contributed by atoms with Crippen LogP contribution in [0.15, 0.2) is 22.7 Å². The van der Waals surface area contributed by atoms with Gasteiger partial charge in [-0.1, -0.05) is 25.1 Å². The number of nitriles is 1. The Hall–Kier alpha value is -1.91. The quantitative estimate of drug-likeness (QED) is 0.629. The Morgan fingerprint density at radius 3 is 3.00 bits per heavy atom. The Balaban J connectivity index is 1.81. The highest BCUT2D eigenvalue weighted by atomic mass is 32.2. The number of aromatic nitrogens is 2. The van der Waals surface area contributed by atoms with Gasteiger partial charge in [0.1, 0.15) is 11.1 Å². The van der Waals surface area contributed by atoms with Crippen LogP contribution in [0.2, 0.25) is 0 Å². The Kier molecular flexibility index (Phi) is 6.05. The molecule has 2 aromatic heterocycles. The zero-order valence-electron chi connectivity index (χ0n) is 14.1. The first-order chi connectivity index (χ1) is 12.2. The van der Waals surface area contributed by atoms with Crippen LogP contribution in [0.1, 0.15) is 49.4 Å². The van der Waals surface area contributed by atoms with E-state index in [0.717, 1.165) is 31.4 Å². The van der Waals surface area contributed by atoms with Crippen LogP contribution in [0.4, 0.5) is 5.13 Å². The second-order valence-electron chi connectivity index (χ2n) is 5.96. The highest BCUT2D eigenvalue weighted by molar-refractivity contribution is 8.00. The van der Waals surface area contributed by atoms with E-state index in [-0.39, 0.29) is 11.2 Å². The number of thiazole rings is 1. The van der Waals surface area contributed by atoms with Crippen molar-refractivity contribution in [2.75, 3.05) is 5.32 Å². The van der Waals surface area contributed by atoms with Gasteiger partial charge in [-0.3, -0.25) is 4.79 Å². The van der Waals surface area contributed by atoms with Gasteiger partial charge in [0.2, 0.25) is 5.91 Å². The molecule has 0 saturated carbocycles. The van der Waals surface area contributed by atoms with Gasteiger partial charge in [0.05, 0.1) is 10.8 Å². The number of nitrogens with zero attached hydrogens (tertiary/aromatic N) is 3. The number of hydrogen-bond acceptors (Lipinski definition) is 6. The zero-order chi connectivity index (χ0) is 17.6. The second-order valence-corrected chi connectivity index (χ2v) is 8.05. The molecule has 0 radical (unpaired) electrons. The third-order valence-corrected chi connectivity index (χ3v) is 6.27. The van der Waals surface area contributed by atoms with Crippen LogP contribution in [0, 0.1) is 11.3 Å². The summed E-state index contributed by atoms with van der Waals surface area (Å²) < 4.78 is 0. The van der Waals surface area contributed by atoms with Crippen LogP contribution in [0.25, 0.3) is 0 Å². The van der Waals surface area contributed by atoms with E-state index in [2.05, 4.69) is 16.4 Å². The number of pyridine rings is 1. The van der Waals surface area contributed by atoms with Crippen LogP contribution in [-0.4, -0.2) is 21.1 Å². The lowest BCUT2D eigenvalue weighted by atomic mass is 10.1. The fourth-order valence-electron chi connectivity index (χ4n) is 2.89. The lowest BCUT2D eigenvalue weighted by molar-refractivity contribution is -0.115. The summed E-state index contributed by atoms with van der Waals surface area (Å²) in [7, 11) is 0. The Bertz CT molecular complexity index is 783. The van der Waals surface area contributed by atoms with Crippen molar-refractivity contribution in [2.24, 2.45) is 0 Å². The van der Waals surface area contributed by atoms with Crippen LogP contribution in [0.3, 0.4) is 0 Å². The highest BCUT2D eigenvalue weighted by Crippen LogP contribution is 2.31. The van der Waals surface area contributed by atoms with Gasteiger partial charge >= 0.3 is 0 Å². The molecular formula is C18H20N4OS2. The van der Waals surface area contributed by atoms with E-state index in [1.54, 1.807) is 6.20 Å². The number of anilines is 1. The van der Waals surface area contributed by atoms with Gasteiger partial charge in [-0.25, -0.2) is 9.97 Å². The molecule has 1 unspecified atom stereocenters. The van der Waals surface area contributed by atoms with Crippen molar-refractivity contribution in [3.63, 3.8) is 0 Å². The van der Waals surface area contributed by atoms with E-state index in [9.17, 15) is 10.1 Å². The van der Waals surface area contributed by atoms with E-state index < -0.39 is 0 Å². The average molecular weight is 373 g/mol. The maximum atomic E-state index is 12.5. The van der Waals surface area contributed by atoms with Crippen LogP contribution < -0.4 is 5.32 Å². The molecule has 1 aliphatic carbocycles. The SMILES string of the molecule is CCC(Sc1nc2c(cc1C#N)CCCCC2)C(=O)Nc1nccs1. The van der Waals surface area contributed by atoms with Gasteiger partial charge in [-0.05, 0) is 43.7 Å². The number of hydrogen-bond donors (Lipinski definition) is 1. The van der Waals surface area contributed by atoms with Crippen molar-refractivity contribution in [1.29, 1.82) is 5.26 Å². The van der Waals surface area contributed by atoms with Crippen molar-refractivity contribution < 1.29 is 4.79 Å². The topological polar surface area (TPSA) is 78.7 Å². The minimum atomic E-state index is -0.299. The summed E-state index contributed by atoms with van der Waals surface area (Å²) in [6.07, 6.45) is 7.76. The monoisotopic (exact) mass is 372 g/mol. The molecular weight excluding hydrogens is 352 g/mol. The van der Waals surface area contributed by atoms with E-state index in [1.165, 1.54) is 35.1 Å². The Labute approximate surface area is 155 Å². The molecule has 1 atom stereocenters. The molecule has 0 aromatic carbocycles. The molecule has 0 bridgehead atoms. The smallest absolute Gasteiger partial charge is 0.239 e. The predicted octanol–water partition coefficient (Wildman–Crippen LogP) is 4.19. The first-order valence-electron chi connectivity index (χ1n) is 8.51. The molecule has 1 aliphatic rings. The molecule has 0 saturated heterocycles. The van der Waals surface area contributed by atoms with Crippen LogP contribution >= 0.6 is 23.1 Å². The highest BCUT2D eigenvalue weighted by Gasteiger charge is 2.23. The van der Waals surface area contributed by atoms with Crippen molar-refractivity contribution in [3.05, 3.63) is 34.5 Å². The third kappa shape index (κ3) is 4.39. The Morgan fingerprint density at radius 2 is 2.28 bits per heavy atom. The number of thioether (sulfide) groups is 1. The summed E-state index contributed by atoms with van der Waals surface area (Å²) >= 11 is 2.77. The van der Waals surface area contributed by atoms with Crippen molar-refractivity contribution in [1.82, 2.24) is 9.97 Å². The number of fused-ring (bicyclic) bond motifs is 1. The molecule has 1 N–H and O–H groups in total. The average Bonchev–Trinajstić information content (AvgIpc) is 3.02.